The van der Waals surface area contributed by atoms with Gasteiger partial charge in [0.25, 0.3) is 0 Å². The van der Waals surface area contributed by atoms with Crippen LogP contribution >= 0.6 is 12.2 Å². The maximum Gasteiger partial charge on any atom is 0.184 e. The Morgan fingerprint density at radius 3 is 2.18 bits per heavy atom. The second-order valence-electron chi connectivity index (χ2n) is 3.42. The first-order chi connectivity index (χ1) is 4.84. The molecule has 0 aliphatic heterocycles. The highest BCUT2D eigenvalue weighted by molar-refractivity contribution is 7.80. The van der Waals surface area contributed by atoms with Crippen LogP contribution in [-0.4, -0.2) is 10.8 Å². The van der Waals surface area contributed by atoms with Crippen LogP contribution in [0.4, 0.5) is 0 Å². The smallest absolute Gasteiger partial charge is 0.184 e. The number of nitrogens with one attached hydrogen (secondary N) is 1. The van der Waals surface area contributed by atoms with Gasteiger partial charge in [0.1, 0.15) is 0 Å². The van der Waals surface area contributed by atoms with Crippen molar-refractivity contribution in [2.45, 2.75) is 27.7 Å². The highest BCUT2D eigenvalue weighted by Gasteiger charge is 2.13. The maximum atomic E-state index is 5.20. The average Bonchev–Trinajstić information content (AvgIpc) is 1.80. The molecule has 0 atom stereocenters. The van der Waals surface area contributed by atoms with Gasteiger partial charge in [-0.15, -0.1) is 0 Å². The molecule has 0 amide bonds. The summed E-state index contributed by atoms with van der Waals surface area (Å²) in [5, 5.41) is 4.20. The first kappa shape index (κ1) is 10.4. The summed E-state index contributed by atoms with van der Waals surface area (Å²) in [4.78, 5) is 0. The summed E-state index contributed by atoms with van der Waals surface area (Å²) in [6.45, 7) is 8.17. The number of hydrogen-bond donors (Lipinski definition) is 2. The minimum atomic E-state index is 0.0672. The van der Waals surface area contributed by atoms with Crippen LogP contribution in [0.15, 0.2) is 5.10 Å². The topological polar surface area (TPSA) is 50.4 Å². The van der Waals surface area contributed by atoms with Crippen LogP contribution in [0.3, 0.4) is 0 Å². The van der Waals surface area contributed by atoms with Gasteiger partial charge in [-0.2, -0.15) is 5.10 Å². The Kier molecular flexibility index (Phi) is 3.45. The summed E-state index contributed by atoms with van der Waals surface area (Å²) < 4.78 is 0. The highest BCUT2D eigenvalue weighted by atomic mass is 32.1. The van der Waals surface area contributed by atoms with Gasteiger partial charge in [-0.1, -0.05) is 20.8 Å². The van der Waals surface area contributed by atoms with Gasteiger partial charge < -0.3 is 5.73 Å². The standard InChI is InChI=1S/C7H15N3S/c1-5(7(2,3)4)9-10-6(8)11/h1-4H3,(H3,8,10,11)/b9-5-. The number of hydrogen-bond acceptors (Lipinski definition) is 2. The molecule has 0 saturated carbocycles. The molecule has 0 bridgehead atoms. The van der Waals surface area contributed by atoms with Crippen LogP contribution in [0.2, 0.25) is 0 Å². The van der Waals surface area contributed by atoms with E-state index in [0.29, 0.717) is 0 Å². The molecule has 0 rings (SSSR count). The Morgan fingerprint density at radius 1 is 1.45 bits per heavy atom. The predicted octanol–water partition coefficient (Wildman–Crippen LogP) is 1.24. The zero-order valence-corrected chi connectivity index (χ0v) is 8.25. The zero-order valence-electron chi connectivity index (χ0n) is 7.43. The third-order valence-electron chi connectivity index (χ3n) is 1.42. The molecule has 11 heavy (non-hydrogen) atoms. The van der Waals surface area contributed by atoms with Gasteiger partial charge in [0, 0.05) is 11.1 Å². The van der Waals surface area contributed by atoms with Crippen molar-refractivity contribution in [2.24, 2.45) is 16.3 Å². The van der Waals surface area contributed by atoms with E-state index < -0.39 is 0 Å². The lowest BCUT2D eigenvalue weighted by Gasteiger charge is -2.17. The number of hydrazone groups is 1. The number of thiocarbonyl (C=S) groups is 1. The molecule has 0 aromatic carbocycles. The molecule has 64 valence electrons. The van der Waals surface area contributed by atoms with Gasteiger partial charge in [0.2, 0.25) is 0 Å². The number of nitrogens with two attached hydrogens (primary N) is 1. The van der Waals surface area contributed by atoms with Gasteiger partial charge in [-0.05, 0) is 19.1 Å². The van der Waals surface area contributed by atoms with Crippen LogP contribution in [0.1, 0.15) is 27.7 Å². The Hall–Kier alpha value is -0.640. The van der Waals surface area contributed by atoms with Gasteiger partial charge in [0.05, 0.1) is 0 Å². The van der Waals surface area contributed by atoms with Crippen LogP contribution in [0, 0.1) is 5.41 Å². The van der Waals surface area contributed by atoms with Crippen molar-refractivity contribution in [1.82, 2.24) is 5.43 Å². The number of rotatable bonds is 1. The van der Waals surface area contributed by atoms with E-state index in [9.17, 15) is 0 Å². The third kappa shape index (κ3) is 4.72. The van der Waals surface area contributed by atoms with Crippen molar-refractivity contribution >= 4 is 23.0 Å². The second kappa shape index (κ2) is 3.67. The molecular formula is C7H15N3S. The molecule has 0 unspecified atom stereocenters. The minimum absolute atomic E-state index is 0.0672. The third-order valence-corrected chi connectivity index (χ3v) is 1.51. The molecule has 0 heterocycles. The molecule has 0 saturated heterocycles. The SMILES string of the molecule is C/C(=N/NC(N)=S)C(C)(C)C. The molecule has 0 fully saturated rings. The molecule has 0 aliphatic rings. The lowest BCUT2D eigenvalue weighted by molar-refractivity contribution is 0.583. The Morgan fingerprint density at radius 2 is 1.91 bits per heavy atom. The van der Waals surface area contributed by atoms with Gasteiger partial charge >= 0.3 is 0 Å². The minimum Gasteiger partial charge on any atom is -0.375 e. The highest BCUT2D eigenvalue weighted by Crippen LogP contribution is 2.14. The monoisotopic (exact) mass is 173 g/mol. The van der Waals surface area contributed by atoms with E-state index in [0.717, 1.165) is 5.71 Å². The van der Waals surface area contributed by atoms with Gasteiger partial charge in [0.15, 0.2) is 5.11 Å². The fourth-order valence-electron chi connectivity index (χ4n) is 0.307. The first-order valence-electron chi connectivity index (χ1n) is 3.44. The van der Waals surface area contributed by atoms with Crippen LogP contribution in [0.5, 0.6) is 0 Å². The largest absolute Gasteiger partial charge is 0.375 e. The van der Waals surface area contributed by atoms with Crippen molar-refractivity contribution in [2.75, 3.05) is 0 Å². The van der Waals surface area contributed by atoms with Crippen molar-refractivity contribution in [3.8, 4) is 0 Å². The van der Waals surface area contributed by atoms with Crippen molar-refractivity contribution in [1.29, 1.82) is 0 Å². The van der Waals surface area contributed by atoms with E-state index in [4.69, 9.17) is 5.73 Å². The van der Waals surface area contributed by atoms with E-state index in [1.165, 1.54) is 0 Å². The summed E-state index contributed by atoms with van der Waals surface area (Å²) in [6.07, 6.45) is 0. The molecular weight excluding hydrogens is 158 g/mol. The predicted molar refractivity (Wildman–Crippen MR) is 52.5 cm³/mol. The summed E-state index contributed by atoms with van der Waals surface area (Å²) in [5.41, 5.74) is 8.79. The summed E-state index contributed by atoms with van der Waals surface area (Å²) in [6, 6.07) is 0. The fraction of sp³-hybridized carbons (Fsp3) is 0.714. The van der Waals surface area contributed by atoms with Gasteiger partial charge in [-0.3, -0.25) is 5.43 Å². The van der Waals surface area contributed by atoms with Gasteiger partial charge in [-0.25, -0.2) is 0 Å². The molecule has 0 aliphatic carbocycles. The van der Waals surface area contributed by atoms with E-state index in [1.807, 2.05) is 6.92 Å². The lowest BCUT2D eigenvalue weighted by Crippen LogP contribution is -2.28. The molecule has 0 aromatic heterocycles. The lowest BCUT2D eigenvalue weighted by atomic mass is 9.91. The van der Waals surface area contributed by atoms with Crippen molar-refractivity contribution in [3.63, 3.8) is 0 Å². The summed E-state index contributed by atoms with van der Waals surface area (Å²) in [5.74, 6) is 0. The first-order valence-corrected chi connectivity index (χ1v) is 3.85. The quantitative estimate of drug-likeness (QED) is 0.356. The van der Waals surface area contributed by atoms with Crippen LogP contribution < -0.4 is 11.2 Å². The van der Waals surface area contributed by atoms with Crippen molar-refractivity contribution < 1.29 is 0 Å². The summed E-state index contributed by atoms with van der Waals surface area (Å²) >= 11 is 4.60. The molecule has 4 heteroatoms. The van der Waals surface area contributed by atoms with E-state index in [2.05, 4.69) is 43.5 Å². The van der Waals surface area contributed by atoms with Crippen molar-refractivity contribution in [3.05, 3.63) is 0 Å². The van der Waals surface area contributed by atoms with E-state index in [1.54, 1.807) is 0 Å². The molecule has 0 aromatic rings. The second-order valence-corrected chi connectivity index (χ2v) is 3.86. The fourth-order valence-corrected chi connectivity index (χ4v) is 0.352. The number of nitrogens with zero attached hydrogens (tertiary/aromatic N) is 1. The maximum absolute atomic E-state index is 5.20. The van der Waals surface area contributed by atoms with Crippen LogP contribution in [0.25, 0.3) is 0 Å². The Labute approximate surface area is 73.0 Å². The summed E-state index contributed by atoms with van der Waals surface area (Å²) in [7, 11) is 0. The Balaban J connectivity index is 4.12. The van der Waals surface area contributed by atoms with E-state index >= 15 is 0 Å². The molecule has 0 spiro atoms. The van der Waals surface area contributed by atoms with E-state index in [-0.39, 0.29) is 10.5 Å². The molecule has 0 radical (unpaired) electrons. The average molecular weight is 173 g/mol. The zero-order chi connectivity index (χ0) is 9.07. The normalized spacial score (nSPS) is 12.9. The van der Waals surface area contributed by atoms with Crippen LogP contribution in [-0.2, 0) is 0 Å². The Bertz CT molecular complexity index is 179. The molecule has 3 nitrogen and oxygen atoms in total. The molecule has 3 N–H and O–H groups in total.